The molecule has 0 amide bonds. The highest BCUT2D eigenvalue weighted by atomic mass is 15.4. The van der Waals surface area contributed by atoms with Crippen molar-refractivity contribution in [3.8, 4) is 0 Å². The van der Waals surface area contributed by atoms with Crippen LogP contribution >= 0.6 is 0 Å². The van der Waals surface area contributed by atoms with E-state index in [0.29, 0.717) is 5.41 Å². The summed E-state index contributed by atoms with van der Waals surface area (Å²) in [6.45, 7) is 5.69. The molecule has 66 valence electrons. The third-order valence-corrected chi connectivity index (χ3v) is 2.60. The van der Waals surface area contributed by atoms with E-state index in [1.807, 2.05) is 10.9 Å². The second kappa shape index (κ2) is 2.57. The maximum absolute atomic E-state index is 3.95. The average molecular weight is 165 g/mol. The van der Waals surface area contributed by atoms with E-state index >= 15 is 0 Å². The largest absolute Gasteiger partial charge is 0.252 e. The molecule has 12 heavy (non-hydrogen) atoms. The van der Waals surface area contributed by atoms with Crippen LogP contribution in [0, 0.1) is 11.3 Å². The van der Waals surface area contributed by atoms with Crippen LogP contribution < -0.4 is 0 Å². The first-order chi connectivity index (χ1) is 5.66. The van der Waals surface area contributed by atoms with Gasteiger partial charge in [0.25, 0.3) is 0 Å². The maximum Gasteiger partial charge on any atom is 0.0692 e. The van der Waals surface area contributed by atoms with Gasteiger partial charge < -0.3 is 0 Å². The summed E-state index contributed by atoms with van der Waals surface area (Å²) in [5, 5.41) is 7.74. The van der Waals surface area contributed by atoms with Gasteiger partial charge in [-0.2, -0.15) is 0 Å². The average Bonchev–Trinajstić information content (AvgIpc) is 2.35. The molecular formula is C9H15N3. The molecule has 0 unspecified atom stereocenters. The minimum Gasteiger partial charge on any atom is -0.252 e. The Morgan fingerprint density at radius 1 is 1.50 bits per heavy atom. The van der Waals surface area contributed by atoms with Crippen molar-refractivity contribution in [3.63, 3.8) is 0 Å². The van der Waals surface area contributed by atoms with Crippen LogP contribution in [0.4, 0.5) is 0 Å². The smallest absolute Gasteiger partial charge is 0.0692 e. The van der Waals surface area contributed by atoms with Gasteiger partial charge in [0.1, 0.15) is 0 Å². The van der Waals surface area contributed by atoms with Gasteiger partial charge in [0.15, 0.2) is 0 Å². The van der Waals surface area contributed by atoms with Crippen LogP contribution in [-0.4, -0.2) is 15.0 Å². The van der Waals surface area contributed by atoms with Crippen molar-refractivity contribution in [2.45, 2.75) is 33.2 Å². The number of hydrogen-bond donors (Lipinski definition) is 0. The van der Waals surface area contributed by atoms with Crippen LogP contribution in [0.5, 0.6) is 0 Å². The van der Waals surface area contributed by atoms with Crippen molar-refractivity contribution in [3.05, 3.63) is 12.4 Å². The van der Waals surface area contributed by atoms with Crippen molar-refractivity contribution < 1.29 is 0 Å². The zero-order valence-corrected chi connectivity index (χ0v) is 7.70. The van der Waals surface area contributed by atoms with E-state index in [0.717, 1.165) is 12.5 Å². The molecule has 0 aliphatic heterocycles. The highest BCUT2D eigenvalue weighted by Gasteiger charge is 2.35. The molecule has 1 aliphatic carbocycles. The summed E-state index contributed by atoms with van der Waals surface area (Å²) in [6.07, 6.45) is 6.33. The lowest BCUT2D eigenvalue weighted by Gasteiger charge is -2.42. The molecular weight excluding hydrogens is 150 g/mol. The number of nitrogens with zero attached hydrogens (tertiary/aromatic N) is 3. The molecule has 0 spiro atoms. The summed E-state index contributed by atoms with van der Waals surface area (Å²) in [5.41, 5.74) is 0.575. The highest BCUT2D eigenvalue weighted by molar-refractivity contribution is 4.86. The second-order valence-electron chi connectivity index (χ2n) is 4.56. The fraction of sp³-hybridized carbons (Fsp3) is 0.778. The molecule has 0 atom stereocenters. The van der Waals surface area contributed by atoms with Gasteiger partial charge in [-0.05, 0) is 24.2 Å². The molecule has 3 heteroatoms. The lowest BCUT2D eigenvalue weighted by molar-refractivity contribution is 0.0795. The van der Waals surface area contributed by atoms with E-state index < -0.39 is 0 Å². The Bertz CT molecular complexity index is 243. The zero-order valence-electron chi connectivity index (χ0n) is 7.70. The van der Waals surface area contributed by atoms with Crippen molar-refractivity contribution in [1.82, 2.24) is 15.0 Å². The van der Waals surface area contributed by atoms with Gasteiger partial charge in [-0.1, -0.05) is 19.1 Å². The van der Waals surface area contributed by atoms with Crippen LogP contribution in [-0.2, 0) is 6.54 Å². The monoisotopic (exact) mass is 165 g/mol. The predicted molar refractivity (Wildman–Crippen MR) is 46.5 cm³/mol. The second-order valence-corrected chi connectivity index (χ2v) is 4.56. The first-order valence-corrected chi connectivity index (χ1v) is 4.50. The first kappa shape index (κ1) is 7.77. The Hall–Kier alpha value is -0.860. The van der Waals surface area contributed by atoms with E-state index in [2.05, 4.69) is 24.2 Å². The lowest BCUT2D eigenvalue weighted by atomic mass is 9.64. The predicted octanol–water partition coefficient (Wildman–Crippen LogP) is 1.71. The summed E-state index contributed by atoms with van der Waals surface area (Å²) < 4.78 is 1.93. The van der Waals surface area contributed by atoms with E-state index in [9.17, 15) is 0 Å². The number of aromatic nitrogens is 3. The van der Waals surface area contributed by atoms with Gasteiger partial charge >= 0.3 is 0 Å². The van der Waals surface area contributed by atoms with Gasteiger partial charge in [-0.3, -0.25) is 4.68 Å². The summed E-state index contributed by atoms with van der Waals surface area (Å²) in [7, 11) is 0. The molecule has 1 aromatic heterocycles. The SMILES string of the molecule is CC1(C)CC(Cn2ccnn2)C1. The zero-order chi connectivity index (χ0) is 8.60. The number of rotatable bonds is 2. The van der Waals surface area contributed by atoms with Crippen molar-refractivity contribution in [2.75, 3.05) is 0 Å². The van der Waals surface area contributed by atoms with Crippen LogP contribution in [0.1, 0.15) is 26.7 Å². The molecule has 3 nitrogen and oxygen atoms in total. The van der Waals surface area contributed by atoms with Gasteiger partial charge in [0, 0.05) is 12.7 Å². The number of hydrogen-bond acceptors (Lipinski definition) is 2. The molecule has 0 saturated heterocycles. The van der Waals surface area contributed by atoms with Gasteiger partial charge in [0.05, 0.1) is 6.20 Å². The Morgan fingerprint density at radius 2 is 2.25 bits per heavy atom. The molecule has 1 saturated carbocycles. The third-order valence-electron chi connectivity index (χ3n) is 2.60. The molecule has 1 fully saturated rings. The minimum atomic E-state index is 0.575. The Labute approximate surface area is 72.8 Å². The lowest BCUT2D eigenvalue weighted by Crippen LogP contribution is -2.34. The summed E-state index contributed by atoms with van der Waals surface area (Å²) in [5.74, 6) is 0.821. The van der Waals surface area contributed by atoms with E-state index in [1.165, 1.54) is 12.8 Å². The summed E-state index contributed by atoms with van der Waals surface area (Å²) >= 11 is 0. The topological polar surface area (TPSA) is 30.7 Å². The molecule has 1 aliphatic rings. The van der Waals surface area contributed by atoms with Gasteiger partial charge in [0.2, 0.25) is 0 Å². The summed E-state index contributed by atoms with van der Waals surface area (Å²) in [6, 6.07) is 0. The van der Waals surface area contributed by atoms with E-state index in [1.54, 1.807) is 6.20 Å². The van der Waals surface area contributed by atoms with Crippen LogP contribution in [0.25, 0.3) is 0 Å². The molecule has 0 bridgehead atoms. The molecule has 2 rings (SSSR count). The van der Waals surface area contributed by atoms with Crippen LogP contribution in [0.2, 0.25) is 0 Å². The Balaban J connectivity index is 1.84. The Morgan fingerprint density at radius 3 is 2.75 bits per heavy atom. The van der Waals surface area contributed by atoms with E-state index in [4.69, 9.17) is 0 Å². The minimum absolute atomic E-state index is 0.575. The fourth-order valence-corrected chi connectivity index (χ4v) is 2.23. The van der Waals surface area contributed by atoms with Crippen molar-refractivity contribution >= 4 is 0 Å². The normalized spacial score (nSPS) is 22.2. The molecule has 1 heterocycles. The quantitative estimate of drug-likeness (QED) is 0.668. The fourth-order valence-electron chi connectivity index (χ4n) is 2.23. The molecule has 0 radical (unpaired) electrons. The van der Waals surface area contributed by atoms with Crippen molar-refractivity contribution in [2.24, 2.45) is 11.3 Å². The third kappa shape index (κ3) is 1.49. The Kier molecular flexibility index (Phi) is 1.67. The van der Waals surface area contributed by atoms with E-state index in [-0.39, 0.29) is 0 Å². The molecule has 0 aromatic carbocycles. The maximum atomic E-state index is 3.95. The van der Waals surface area contributed by atoms with Crippen LogP contribution in [0.3, 0.4) is 0 Å². The summed E-state index contributed by atoms with van der Waals surface area (Å²) in [4.78, 5) is 0. The van der Waals surface area contributed by atoms with Crippen LogP contribution in [0.15, 0.2) is 12.4 Å². The van der Waals surface area contributed by atoms with Gasteiger partial charge in [-0.15, -0.1) is 5.10 Å². The van der Waals surface area contributed by atoms with Gasteiger partial charge in [-0.25, -0.2) is 0 Å². The molecule has 0 N–H and O–H groups in total. The molecule has 1 aromatic rings. The highest BCUT2D eigenvalue weighted by Crippen LogP contribution is 2.45. The standard InChI is InChI=1S/C9H15N3/c1-9(2)5-8(6-9)7-12-4-3-10-11-12/h3-4,8H,5-7H2,1-2H3. The van der Waals surface area contributed by atoms with Crippen molar-refractivity contribution in [1.29, 1.82) is 0 Å². The first-order valence-electron chi connectivity index (χ1n) is 4.50.